The third kappa shape index (κ3) is 2.06. The summed E-state index contributed by atoms with van der Waals surface area (Å²) in [6.07, 6.45) is 4.81. The number of halogens is 1. The SMILES string of the molecule is O=Cc1cc(Br)ncc1OC1CC1. The van der Waals surface area contributed by atoms with Crippen LogP contribution in [0.1, 0.15) is 23.2 Å². The molecule has 0 aromatic carbocycles. The Bertz CT molecular complexity index is 336. The van der Waals surface area contributed by atoms with Crippen molar-refractivity contribution >= 4 is 22.2 Å². The molecule has 1 aliphatic rings. The molecule has 1 heterocycles. The van der Waals surface area contributed by atoms with Crippen LogP contribution >= 0.6 is 15.9 Å². The van der Waals surface area contributed by atoms with Crippen LogP contribution in [0.5, 0.6) is 5.75 Å². The van der Waals surface area contributed by atoms with Gasteiger partial charge < -0.3 is 4.74 Å². The number of hydrogen-bond acceptors (Lipinski definition) is 3. The van der Waals surface area contributed by atoms with Crippen LogP contribution in [-0.2, 0) is 0 Å². The van der Waals surface area contributed by atoms with Crippen LogP contribution in [0.3, 0.4) is 0 Å². The number of nitrogens with zero attached hydrogens (tertiary/aromatic N) is 1. The molecule has 0 N–H and O–H groups in total. The van der Waals surface area contributed by atoms with Crippen molar-refractivity contribution in [1.82, 2.24) is 4.98 Å². The van der Waals surface area contributed by atoms with Crippen molar-refractivity contribution in [2.75, 3.05) is 0 Å². The second-order valence-corrected chi connectivity index (χ2v) is 3.79. The number of carbonyl (C=O) groups is 1. The van der Waals surface area contributed by atoms with Gasteiger partial charge in [0.05, 0.1) is 17.9 Å². The quantitative estimate of drug-likeness (QED) is 0.602. The summed E-state index contributed by atoms with van der Waals surface area (Å²) in [7, 11) is 0. The Labute approximate surface area is 84.2 Å². The molecule has 0 atom stereocenters. The fourth-order valence-corrected chi connectivity index (χ4v) is 1.34. The molecule has 0 amide bonds. The molecule has 1 saturated carbocycles. The predicted octanol–water partition coefficient (Wildman–Crippen LogP) is 2.20. The molecule has 1 fully saturated rings. The normalized spacial score (nSPS) is 15.5. The lowest BCUT2D eigenvalue weighted by molar-refractivity contribution is 0.111. The van der Waals surface area contributed by atoms with Gasteiger partial charge in [-0.1, -0.05) is 0 Å². The molecule has 0 radical (unpaired) electrons. The predicted molar refractivity (Wildman–Crippen MR) is 51.0 cm³/mol. The van der Waals surface area contributed by atoms with E-state index in [2.05, 4.69) is 20.9 Å². The van der Waals surface area contributed by atoms with Gasteiger partial charge in [0, 0.05) is 0 Å². The zero-order chi connectivity index (χ0) is 9.26. The highest BCUT2D eigenvalue weighted by molar-refractivity contribution is 9.10. The molecule has 1 aliphatic carbocycles. The van der Waals surface area contributed by atoms with E-state index in [4.69, 9.17) is 4.74 Å². The van der Waals surface area contributed by atoms with Gasteiger partial charge in [-0.05, 0) is 34.8 Å². The molecule has 1 aromatic rings. The molecule has 2 rings (SSSR count). The zero-order valence-electron chi connectivity index (χ0n) is 6.87. The Morgan fingerprint density at radius 3 is 3.00 bits per heavy atom. The number of rotatable bonds is 3. The van der Waals surface area contributed by atoms with E-state index < -0.39 is 0 Å². The molecular formula is C9H8BrNO2. The monoisotopic (exact) mass is 241 g/mol. The fraction of sp³-hybridized carbons (Fsp3) is 0.333. The van der Waals surface area contributed by atoms with Gasteiger partial charge in [0.25, 0.3) is 0 Å². The minimum Gasteiger partial charge on any atom is -0.488 e. The number of hydrogen-bond donors (Lipinski definition) is 0. The summed E-state index contributed by atoms with van der Waals surface area (Å²) in [5, 5.41) is 0. The van der Waals surface area contributed by atoms with Crippen molar-refractivity contribution in [3.63, 3.8) is 0 Å². The Balaban J connectivity index is 2.25. The molecule has 0 spiro atoms. The third-order valence-corrected chi connectivity index (χ3v) is 2.24. The van der Waals surface area contributed by atoms with Crippen LogP contribution in [0.25, 0.3) is 0 Å². The summed E-state index contributed by atoms with van der Waals surface area (Å²) >= 11 is 3.19. The van der Waals surface area contributed by atoms with Crippen molar-refractivity contribution in [2.45, 2.75) is 18.9 Å². The average Bonchev–Trinajstić information content (AvgIpc) is 2.92. The molecule has 4 heteroatoms. The van der Waals surface area contributed by atoms with Gasteiger partial charge in [-0.25, -0.2) is 4.98 Å². The molecule has 13 heavy (non-hydrogen) atoms. The van der Waals surface area contributed by atoms with Gasteiger partial charge in [-0.15, -0.1) is 0 Å². The van der Waals surface area contributed by atoms with Gasteiger partial charge in [-0.3, -0.25) is 4.79 Å². The molecule has 1 aromatic heterocycles. The second-order valence-electron chi connectivity index (χ2n) is 2.98. The van der Waals surface area contributed by atoms with Crippen molar-refractivity contribution in [2.24, 2.45) is 0 Å². The minimum absolute atomic E-state index is 0.293. The van der Waals surface area contributed by atoms with E-state index in [9.17, 15) is 4.79 Å². The zero-order valence-corrected chi connectivity index (χ0v) is 8.45. The van der Waals surface area contributed by atoms with E-state index in [-0.39, 0.29) is 0 Å². The number of carbonyl (C=O) groups excluding carboxylic acids is 1. The summed E-state index contributed by atoms with van der Waals surface area (Å²) in [6.45, 7) is 0. The summed E-state index contributed by atoms with van der Waals surface area (Å²) in [6, 6.07) is 1.66. The van der Waals surface area contributed by atoms with Gasteiger partial charge >= 0.3 is 0 Å². The average molecular weight is 242 g/mol. The van der Waals surface area contributed by atoms with Crippen LogP contribution < -0.4 is 4.74 Å². The maximum Gasteiger partial charge on any atom is 0.153 e. The van der Waals surface area contributed by atoms with E-state index in [1.54, 1.807) is 12.3 Å². The van der Waals surface area contributed by atoms with Gasteiger partial charge in [0.2, 0.25) is 0 Å². The van der Waals surface area contributed by atoms with E-state index >= 15 is 0 Å². The standard InChI is InChI=1S/C9H8BrNO2/c10-9-3-6(5-12)8(4-11-9)13-7-1-2-7/h3-5,7H,1-2H2. The third-order valence-electron chi connectivity index (χ3n) is 1.81. The molecule has 0 aliphatic heterocycles. The smallest absolute Gasteiger partial charge is 0.153 e. The first-order chi connectivity index (χ1) is 6.29. The van der Waals surface area contributed by atoms with Gasteiger partial charge in [-0.2, -0.15) is 0 Å². The van der Waals surface area contributed by atoms with Crippen molar-refractivity contribution in [1.29, 1.82) is 0 Å². The van der Waals surface area contributed by atoms with E-state index in [1.807, 2.05) is 0 Å². The lowest BCUT2D eigenvalue weighted by Gasteiger charge is -2.05. The number of ether oxygens (including phenoxy) is 1. The number of aromatic nitrogens is 1. The largest absolute Gasteiger partial charge is 0.488 e. The van der Waals surface area contributed by atoms with E-state index in [0.717, 1.165) is 19.1 Å². The maximum absolute atomic E-state index is 10.7. The Kier molecular flexibility index (Phi) is 2.31. The van der Waals surface area contributed by atoms with E-state index in [0.29, 0.717) is 22.0 Å². The van der Waals surface area contributed by atoms with Crippen LogP contribution in [0.15, 0.2) is 16.9 Å². The fourth-order valence-electron chi connectivity index (χ4n) is 0.988. The Hall–Kier alpha value is -0.900. The van der Waals surface area contributed by atoms with Crippen LogP contribution in [0.2, 0.25) is 0 Å². The van der Waals surface area contributed by atoms with E-state index in [1.165, 1.54) is 0 Å². The van der Waals surface area contributed by atoms with Crippen LogP contribution in [0.4, 0.5) is 0 Å². The first-order valence-electron chi connectivity index (χ1n) is 4.07. The van der Waals surface area contributed by atoms with Crippen molar-refractivity contribution in [3.8, 4) is 5.75 Å². The van der Waals surface area contributed by atoms with Crippen LogP contribution in [-0.4, -0.2) is 17.4 Å². The molecule has 0 unspecified atom stereocenters. The summed E-state index contributed by atoms with van der Waals surface area (Å²) in [5.41, 5.74) is 0.550. The lowest BCUT2D eigenvalue weighted by Crippen LogP contribution is -2.00. The van der Waals surface area contributed by atoms with Gasteiger partial charge in [0.1, 0.15) is 10.4 Å². The van der Waals surface area contributed by atoms with Crippen molar-refractivity contribution < 1.29 is 9.53 Å². The minimum atomic E-state index is 0.293. The first-order valence-corrected chi connectivity index (χ1v) is 4.86. The highest BCUT2D eigenvalue weighted by atomic mass is 79.9. The highest BCUT2D eigenvalue weighted by Crippen LogP contribution is 2.28. The van der Waals surface area contributed by atoms with Crippen LogP contribution in [0, 0.1) is 0 Å². The summed E-state index contributed by atoms with van der Waals surface area (Å²) < 4.78 is 6.14. The summed E-state index contributed by atoms with van der Waals surface area (Å²) in [4.78, 5) is 14.7. The molecular weight excluding hydrogens is 234 g/mol. The second kappa shape index (κ2) is 3.46. The Morgan fingerprint density at radius 1 is 1.62 bits per heavy atom. The Morgan fingerprint density at radius 2 is 2.38 bits per heavy atom. The number of aldehydes is 1. The first kappa shape index (κ1) is 8.69. The number of pyridine rings is 1. The van der Waals surface area contributed by atoms with Gasteiger partial charge in [0.15, 0.2) is 6.29 Å². The molecule has 3 nitrogen and oxygen atoms in total. The van der Waals surface area contributed by atoms with Crippen molar-refractivity contribution in [3.05, 3.63) is 22.4 Å². The molecule has 0 saturated heterocycles. The summed E-state index contributed by atoms with van der Waals surface area (Å²) in [5.74, 6) is 0.584. The topological polar surface area (TPSA) is 39.2 Å². The maximum atomic E-state index is 10.7. The lowest BCUT2D eigenvalue weighted by atomic mass is 10.3. The highest BCUT2D eigenvalue weighted by Gasteiger charge is 2.24. The molecule has 68 valence electrons. The molecule has 0 bridgehead atoms.